The summed E-state index contributed by atoms with van der Waals surface area (Å²) in [5.41, 5.74) is 2.44. The second kappa shape index (κ2) is 5.01. The van der Waals surface area contributed by atoms with E-state index in [-0.39, 0.29) is 12.1 Å². The zero-order valence-corrected chi connectivity index (χ0v) is 9.55. The standard InChI is InChI=1S/C11H18N4O/c1-2-5-12-11(16)14-9-4-3-8-7-13-15-10(8)6-9/h7,9H,2-6H2,1H3,(H,13,15)(H2,12,14,16). The minimum atomic E-state index is -0.0604. The Bertz CT molecular complexity index is 361. The molecule has 0 aliphatic heterocycles. The molecule has 1 aliphatic carbocycles. The molecule has 0 saturated heterocycles. The van der Waals surface area contributed by atoms with Gasteiger partial charge in [-0.3, -0.25) is 5.10 Å². The molecule has 1 unspecified atom stereocenters. The highest BCUT2D eigenvalue weighted by Crippen LogP contribution is 2.18. The molecule has 1 aliphatic rings. The molecular weight excluding hydrogens is 204 g/mol. The van der Waals surface area contributed by atoms with Crippen LogP contribution in [0, 0.1) is 0 Å². The summed E-state index contributed by atoms with van der Waals surface area (Å²) in [5.74, 6) is 0. The van der Waals surface area contributed by atoms with Crippen molar-refractivity contribution in [2.75, 3.05) is 6.54 Å². The number of hydrogen-bond acceptors (Lipinski definition) is 2. The molecule has 0 spiro atoms. The first-order valence-electron chi connectivity index (χ1n) is 5.85. The lowest BCUT2D eigenvalue weighted by molar-refractivity contribution is 0.235. The lowest BCUT2D eigenvalue weighted by atomic mass is 9.94. The van der Waals surface area contributed by atoms with Gasteiger partial charge in [-0.05, 0) is 24.8 Å². The minimum absolute atomic E-state index is 0.0604. The average molecular weight is 222 g/mol. The Morgan fingerprint density at radius 2 is 2.56 bits per heavy atom. The van der Waals surface area contributed by atoms with Gasteiger partial charge >= 0.3 is 6.03 Å². The van der Waals surface area contributed by atoms with Crippen LogP contribution < -0.4 is 10.6 Å². The molecule has 1 aromatic heterocycles. The van der Waals surface area contributed by atoms with Crippen molar-refractivity contribution in [2.24, 2.45) is 0 Å². The highest BCUT2D eigenvalue weighted by Gasteiger charge is 2.21. The number of carbonyl (C=O) groups excluding carboxylic acids is 1. The third kappa shape index (κ3) is 2.53. The van der Waals surface area contributed by atoms with E-state index in [1.165, 1.54) is 5.56 Å². The topological polar surface area (TPSA) is 69.8 Å². The van der Waals surface area contributed by atoms with Crippen molar-refractivity contribution in [3.63, 3.8) is 0 Å². The summed E-state index contributed by atoms with van der Waals surface area (Å²) in [4.78, 5) is 11.5. The number of nitrogens with one attached hydrogen (secondary N) is 3. The van der Waals surface area contributed by atoms with Gasteiger partial charge < -0.3 is 10.6 Å². The van der Waals surface area contributed by atoms with E-state index in [4.69, 9.17) is 0 Å². The first kappa shape index (κ1) is 11.0. The number of H-pyrrole nitrogens is 1. The molecule has 88 valence electrons. The molecule has 5 nitrogen and oxygen atoms in total. The van der Waals surface area contributed by atoms with Crippen LogP contribution in [0.3, 0.4) is 0 Å². The van der Waals surface area contributed by atoms with E-state index < -0.39 is 0 Å². The van der Waals surface area contributed by atoms with Crippen LogP contribution in [0.5, 0.6) is 0 Å². The number of nitrogens with zero attached hydrogens (tertiary/aromatic N) is 1. The van der Waals surface area contributed by atoms with E-state index in [1.807, 2.05) is 13.1 Å². The van der Waals surface area contributed by atoms with E-state index >= 15 is 0 Å². The Labute approximate surface area is 95.0 Å². The van der Waals surface area contributed by atoms with Gasteiger partial charge in [-0.2, -0.15) is 5.10 Å². The molecule has 0 saturated carbocycles. The van der Waals surface area contributed by atoms with Crippen LogP contribution in [0.25, 0.3) is 0 Å². The molecule has 2 amide bonds. The highest BCUT2D eigenvalue weighted by atomic mass is 16.2. The number of urea groups is 1. The van der Waals surface area contributed by atoms with E-state index in [0.717, 1.165) is 37.9 Å². The van der Waals surface area contributed by atoms with Crippen molar-refractivity contribution in [1.82, 2.24) is 20.8 Å². The number of aromatic amines is 1. The van der Waals surface area contributed by atoms with Crippen molar-refractivity contribution in [2.45, 2.75) is 38.6 Å². The molecule has 3 N–H and O–H groups in total. The maximum absolute atomic E-state index is 11.5. The summed E-state index contributed by atoms with van der Waals surface area (Å²) in [7, 11) is 0. The van der Waals surface area contributed by atoms with E-state index in [9.17, 15) is 4.79 Å². The number of aromatic nitrogens is 2. The number of amides is 2. The number of carbonyl (C=O) groups is 1. The summed E-state index contributed by atoms with van der Waals surface area (Å²) in [6.07, 6.45) is 5.68. The van der Waals surface area contributed by atoms with Crippen molar-refractivity contribution in [3.05, 3.63) is 17.5 Å². The first-order chi connectivity index (χ1) is 7.79. The fourth-order valence-electron chi connectivity index (χ4n) is 2.01. The Balaban J connectivity index is 1.82. The van der Waals surface area contributed by atoms with Crippen molar-refractivity contribution >= 4 is 6.03 Å². The van der Waals surface area contributed by atoms with Gasteiger partial charge in [0, 0.05) is 24.7 Å². The Morgan fingerprint density at radius 3 is 3.38 bits per heavy atom. The predicted molar refractivity (Wildman–Crippen MR) is 61.2 cm³/mol. The third-order valence-electron chi connectivity index (χ3n) is 2.89. The van der Waals surface area contributed by atoms with Gasteiger partial charge in [-0.25, -0.2) is 4.79 Å². The summed E-state index contributed by atoms with van der Waals surface area (Å²) in [6.45, 7) is 2.77. The van der Waals surface area contributed by atoms with Crippen LogP contribution >= 0.6 is 0 Å². The Morgan fingerprint density at radius 1 is 1.69 bits per heavy atom. The lowest BCUT2D eigenvalue weighted by Crippen LogP contribution is -2.44. The van der Waals surface area contributed by atoms with Crippen molar-refractivity contribution in [1.29, 1.82) is 0 Å². The van der Waals surface area contributed by atoms with Gasteiger partial charge in [0.2, 0.25) is 0 Å². The fourth-order valence-corrected chi connectivity index (χ4v) is 2.01. The van der Waals surface area contributed by atoms with Gasteiger partial charge in [0.1, 0.15) is 0 Å². The predicted octanol–water partition coefficient (Wildman–Crippen LogP) is 0.976. The largest absolute Gasteiger partial charge is 0.338 e. The number of rotatable bonds is 3. The molecule has 16 heavy (non-hydrogen) atoms. The smallest absolute Gasteiger partial charge is 0.315 e. The quantitative estimate of drug-likeness (QED) is 0.713. The normalized spacial score (nSPS) is 18.9. The summed E-state index contributed by atoms with van der Waals surface area (Å²) < 4.78 is 0. The molecule has 1 heterocycles. The molecular formula is C11H18N4O. The first-order valence-corrected chi connectivity index (χ1v) is 5.85. The summed E-state index contributed by atoms with van der Waals surface area (Å²) in [5, 5.41) is 12.8. The minimum Gasteiger partial charge on any atom is -0.338 e. The van der Waals surface area contributed by atoms with Crippen LogP contribution in [0.15, 0.2) is 6.20 Å². The molecule has 0 radical (unpaired) electrons. The molecule has 0 bridgehead atoms. The highest BCUT2D eigenvalue weighted by molar-refractivity contribution is 5.74. The van der Waals surface area contributed by atoms with Crippen LogP contribution in [0.2, 0.25) is 0 Å². The SMILES string of the molecule is CCCNC(=O)NC1CCc2cn[nH]c2C1. The molecule has 0 aromatic carbocycles. The zero-order valence-electron chi connectivity index (χ0n) is 9.55. The maximum atomic E-state index is 11.5. The number of hydrogen-bond donors (Lipinski definition) is 3. The molecule has 1 aromatic rings. The van der Waals surface area contributed by atoms with Gasteiger partial charge in [-0.1, -0.05) is 6.92 Å². The van der Waals surface area contributed by atoms with Crippen molar-refractivity contribution < 1.29 is 4.79 Å². The third-order valence-corrected chi connectivity index (χ3v) is 2.89. The van der Waals surface area contributed by atoms with E-state index in [2.05, 4.69) is 20.8 Å². The van der Waals surface area contributed by atoms with E-state index in [1.54, 1.807) is 0 Å². The zero-order chi connectivity index (χ0) is 11.4. The van der Waals surface area contributed by atoms with Gasteiger partial charge in [0.05, 0.1) is 6.20 Å². The molecule has 2 rings (SSSR count). The second-order valence-electron chi connectivity index (χ2n) is 4.21. The van der Waals surface area contributed by atoms with Crippen LogP contribution in [-0.4, -0.2) is 28.8 Å². The van der Waals surface area contributed by atoms with Gasteiger partial charge in [-0.15, -0.1) is 0 Å². The fraction of sp³-hybridized carbons (Fsp3) is 0.636. The number of aryl methyl sites for hydroxylation is 1. The van der Waals surface area contributed by atoms with Gasteiger partial charge in [0.15, 0.2) is 0 Å². The summed E-state index contributed by atoms with van der Waals surface area (Å²) in [6, 6.07) is 0.166. The number of fused-ring (bicyclic) bond motifs is 1. The Kier molecular flexibility index (Phi) is 3.44. The van der Waals surface area contributed by atoms with Gasteiger partial charge in [0.25, 0.3) is 0 Å². The average Bonchev–Trinajstić information content (AvgIpc) is 2.73. The van der Waals surface area contributed by atoms with Crippen LogP contribution in [0.1, 0.15) is 31.0 Å². The molecule has 0 fully saturated rings. The monoisotopic (exact) mass is 222 g/mol. The summed E-state index contributed by atoms with van der Waals surface area (Å²) >= 11 is 0. The Hall–Kier alpha value is -1.52. The second-order valence-corrected chi connectivity index (χ2v) is 4.21. The lowest BCUT2D eigenvalue weighted by Gasteiger charge is -2.22. The van der Waals surface area contributed by atoms with Crippen molar-refractivity contribution in [3.8, 4) is 0 Å². The molecule has 5 heteroatoms. The molecule has 1 atom stereocenters. The maximum Gasteiger partial charge on any atom is 0.315 e. The van der Waals surface area contributed by atoms with Crippen LogP contribution in [0.4, 0.5) is 4.79 Å². The van der Waals surface area contributed by atoms with E-state index in [0.29, 0.717) is 0 Å². The van der Waals surface area contributed by atoms with Crippen LogP contribution in [-0.2, 0) is 12.8 Å².